The highest BCUT2D eigenvalue weighted by atomic mass is 32.1. The van der Waals surface area contributed by atoms with Gasteiger partial charge in [-0.1, -0.05) is 18.2 Å². The fourth-order valence-corrected chi connectivity index (χ4v) is 3.40. The highest BCUT2D eigenvalue weighted by Crippen LogP contribution is 2.13. The number of hydrogen-bond acceptors (Lipinski definition) is 4. The molecule has 1 amide bonds. The van der Waals surface area contributed by atoms with E-state index in [0.717, 1.165) is 21.9 Å². The second-order valence-electron chi connectivity index (χ2n) is 5.88. The number of likely N-dealkylation sites (N-methyl/N-ethyl adjacent to an activating group) is 1. The van der Waals surface area contributed by atoms with Gasteiger partial charge in [0.15, 0.2) is 4.96 Å². The molecule has 0 aliphatic heterocycles. The summed E-state index contributed by atoms with van der Waals surface area (Å²) in [7, 11) is 1.81. The van der Waals surface area contributed by atoms with Gasteiger partial charge in [-0.3, -0.25) is 9.20 Å². The Morgan fingerprint density at radius 3 is 2.88 bits per heavy atom. The largest absolute Gasteiger partial charge is 0.341 e. The van der Waals surface area contributed by atoms with Crippen molar-refractivity contribution in [3.63, 3.8) is 0 Å². The lowest BCUT2D eigenvalue weighted by atomic mass is 10.2. The third-order valence-corrected chi connectivity index (χ3v) is 4.75. The van der Waals surface area contributed by atoms with E-state index in [1.54, 1.807) is 29.5 Å². The number of carbonyl (C=O) groups excluding carboxylic acids is 1. The summed E-state index contributed by atoms with van der Waals surface area (Å²) >= 11 is 1.56. The summed E-state index contributed by atoms with van der Waals surface area (Å²) < 4.78 is 3.76. The van der Waals surface area contributed by atoms with Gasteiger partial charge in [-0.2, -0.15) is 5.10 Å². The van der Waals surface area contributed by atoms with E-state index in [9.17, 15) is 4.79 Å². The number of amides is 1. The number of fused-ring (bicyclic) bond motifs is 1. The van der Waals surface area contributed by atoms with E-state index in [4.69, 9.17) is 0 Å². The predicted molar refractivity (Wildman–Crippen MR) is 96.8 cm³/mol. The minimum atomic E-state index is 0.0400. The van der Waals surface area contributed by atoms with E-state index < -0.39 is 0 Å². The molecule has 7 heteroatoms. The van der Waals surface area contributed by atoms with Crippen LogP contribution in [0.3, 0.4) is 0 Å². The number of nitrogens with zero attached hydrogens (tertiary/aromatic N) is 5. The average molecular weight is 351 g/mol. The molecule has 0 atom stereocenters. The fourth-order valence-electron chi connectivity index (χ4n) is 2.68. The molecule has 126 valence electrons. The van der Waals surface area contributed by atoms with Crippen LogP contribution in [0, 0.1) is 0 Å². The maximum absolute atomic E-state index is 12.4. The Bertz CT molecular complexity index is 972. The molecule has 0 aliphatic rings. The molecule has 4 aromatic rings. The molecule has 0 aliphatic carbocycles. The molecule has 0 saturated heterocycles. The maximum atomic E-state index is 12.4. The number of hydrogen-bond donors (Lipinski definition) is 0. The van der Waals surface area contributed by atoms with Gasteiger partial charge in [0, 0.05) is 43.1 Å². The Kier molecular flexibility index (Phi) is 4.07. The van der Waals surface area contributed by atoms with Gasteiger partial charge in [0.05, 0.1) is 24.0 Å². The normalized spacial score (nSPS) is 11.1. The molecular formula is C18H17N5OS. The minimum Gasteiger partial charge on any atom is -0.341 e. The van der Waals surface area contributed by atoms with Gasteiger partial charge in [-0.15, -0.1) is 11.3 Å². The van der Waals surface area contributed by atoms with Gasteiger partial charge in [0.2, 0.25) is 5.91 Å². The molecule has 25 heavy (non-hydrogen) atoms. The molecular weight excluding hydrogens is 334 g/mol. The van der Waals surface area contributed by atoms with Crippen molar-refractivity contribution in [1.29, 1.82) is 0 Å². The summed E-state index contributed by atoms with van der Waals surface area (Å²) in [5.41, 5.74) is 2.79. The first-order valence-corrected chi connectivity index (χ1v) is 8.81. The van der Waals surface area contributed by atoms with Crippen LogP contribution in [0.1, 0.15) is 11.3 Å². The first-order valence-electron chi connectivity index (χ1n) is 7.93. The number of thiazole rings is 1. The number of imidazole rings is 1. The van der Waals surface area contributed by atoms with Crippen LogP contribution in [0.4, 0.5) is 0 Å². The number of benzene rings is 1. The fraction of sp³-hybridized carbons (Fsp3) is 0.167. The van der Waals surface area contributed by atoms with Crippen molar-refractivity contribution < 1.29 is 4.79 Å². The summed E-state index contributed by atoms with van der Waals surface area (Å²) in [5.74, 6) is 0.0400. The van der Waals surface area contributed by atoms with Crippen molar-refractivity contribution in [2.45, 2.75) is 13.0 Å². The van der Waals surface area contributed by atoms with Gasteiger partial charge < -0.3 is 4.90 Å². The van der Waals surface area contributed by atoms with Crippen LogP contribution in [0.25, 0.3) is 10.6 Å². The molecule has 3 heterocycles. The topological polar surface area (TPSA) is 55.4 Å². The van der Waals surface area contributed by atoms with E-state index >= 15 is 0 Å². The SMILES string of the molecule is CN(Cc1cnn(-c2ccccc2)c1)C(=O)Cc1cn2ccsc2n1. The lowest BCUT2D eigenvalue weighted by Gasteiger charge is -2.15. The van der Waals surface area contributed by atoms with Crippen LogP contribution in [0.5, 0.6) is 0 Å². The van der Waals surface area contributed by atoms with Gasteiger partial charge in [-0.05, 0) is 12.1 Å². The number of para-hydroxylation sites is 1. The van der Waals surface area contributed by atoms with E-state index in [2.05, 4.69) is 10.1 Å². The van der Waals surface area contributed by atoms with Crippen LogP contribution < -0.4 is 0 Å². The van der Waals surface area contributed by atoms with Crippen molar-refractivity contribution in [2.75, 3.05) is 7.05 Å². The molecule has 3 aromatic heterocycles. The van der Waals surface area contributed by atoms with Crippen molar-refractivity contribution in [1.82, 2.24) is 24.1 Å². The quantitative estimate of drug-likeness (QED) is 0.556. The van der Waals surface area contributed by atoms with E-state index in [-0.39, 0.29) is 5.91 Å². The van der Waals surface area contributed by atoms with Crippen LogP contribution in [-0.4, -0.2) is 37.0 Å². The van der Waals surface area contributed by atoms with Crippen LogP contribution in [0.15, 0.2) is 60.5 Å². The van der Waals surface area contributed by atoms with Crippen molar-refractivity contribution in [2.24, 2.45) is 0 Å². The second-order valence-corrected chi connectivity index (χ2v) is 6.75. The van der Waals surface area contributed by atoms with Crippen molar-refractivity contribution in [3.8, 4) is 5.69 Å². The highest BCUT2D eigenvalue weighted by Gasteiger charge is 2.14. The summed E-state index contributed by atoms with van der Waals surface area (Å²) in [5, 5.41) is 6.35. The molecule has 0 saturated carbocycles. The Morgan fingerprint density at radius 1 is 1.24 bits per heavy atom. The van der Waals surface area contributed by atoms with Gasteiger partial charge in [0.1, 0.15) is 0 Å². The Hall–Kier alpha value is -2.93. The first kappa shape index (κ1) is 15.6. The van der Waals surface area contributed by atoms with Crippen LogP contribution >= 0.6 is 11.3 Å². The summed E-state index contributed by atoms with van der Waals surface area (Å²) in [6, 6.07) is 9.91. The molecule has 0 spiro atoms. The Balaban J connectivity index is 1.41. The standard InChI is InChI=1S/C18H17N5OS/c1-21(17(24)9-15-13-22-7-8-25-18(22)20-15)11-14-10-19-23(12-14)16-5-3-2-4-6-16/h2-8,10,12-13H,9,11H2,1H3. The summed E-state index contributed by atoms with van der Waals surface area (Å²) in [4.78, 5) is 19.5. The number of carbonyl (C=O) groups is 1. The highest BCUT2D eigenvalue weighted by molar-refractivity contribution is 7.15. The van der Waals surface area contributed by atoms with E-state index in [0.29, 0.717) is 13.0 Å². The molecule has 0 unspecified atom stereocenters. The average Bonchev–Trinajstić information content (AvgIpc) is 3.32. The summed E-state index contributed by atoms with van der Waals surface area (Å²) in [6.45, 7) is 0.522. The van der Waals surface area contributed by atoms with Gasteiger partial charge in [-0.25, -0.2) is 9.67 Å². The van der Waals surface area contributed by atoms with Crippen LogP contribution in [0.2, 0.25) is 0 Å². The lowest BCUT2D eigenvalue weighted by Crippen LogP contribution is -2.27. The number of rotatable bonds is 5. The predicted octanol–water partition coefficient (Wildman–Crippen LogP) is 2.78. The first-order chi connectivity index (χ1) is 12.2. The van der Waals surface area contributed by atoms with Crippen LogP contribution in [-0.2, 0) is 17.8 Å². The van der Waals surface area contributed by atoms with Crippen molar-refractivity contribution >= 4 is 22.2 Å². The Labute approximate surface area is 149 Å². The third kappa shape index (κ3) is 3.32. The number of aromatic nitrogens is 4. The van der Waals surface area contributed by atoms with E-state index in [1.807, 2.05) is 63.4 Å². The lowest BCUT2D eigenvalue weighted by molar-refractivity contribution is -0.129. The molecule has 0 bridgehead atoms. The smallest absolute Gasteiger partial charge is 0.228 e. The zero-order valence-corrected chi connectivity index (χ0v) is 14.6. The molecule has 0 radical (unpaired) electrons. The molecule has 4 rings (SSSR count). The molecule has 1 aromatic carbocycles. The summed E-state index contributed by atoms with van der Waals surface area (Å²) in [6.07, 6.45) is 7.90. The van der Waals surface area contributed by atoms with Crippen molar-refractivity contribution in [3.05, 3.63) is 71.8 Å². The third-order valence-electron chi connectivity index (χ3n) is 3.98. The van der Waals surface area contributed by atoms with Gasteiger partial charge >= 0.3 is 0 Å². The molecule has 0 fully saturated rings. The van der Waals surface area contributed by atoms with Gasteiger partial charge in [0.25, 0.3) is 0 Å². The second kappa shape index (κ2) is 6.52. The minimum absolute atomic E-state index is 0.0400. The Morgan fingerprint density at radius 2 is 2.08 bits per heavy atom. The monoisotopic (exact) mass is 351 g/mol. The maximum Gasteiger partial charge on any atom is 0.228 e. The van der Waals surface area contributed by atoms with E-state index in [1.165, 1.54) is 0 Å². The zero-order chi connectivity index (χ0) is 17.2. The molecule has 6 nitrogen and oxygen atoms in total. The zero-order valence-electron chi connectivity index (χ0n) is 13.7. The molecule has 0 N–H and O–H groups in total.